The molecule has 1 amide bonds. The average molecular weight is 367 g/mol. The van der Waals surface area contributed by atoms with Gasteiger partial charge in [-0.05, 0) is 50.8 Å². The SMILES string of the molecule is CC1C=C(C2CCCN(C=O)CC2)N(C2=CCC=C(C(F)(F)F)C=C2)N1. The molecule has 0 aromatic carbocycles. The number of halogens is 3. The molecule has 1 fully saturated rings. The number of carbonyl (C=O) groups excluding carboxylic acids is 1. The number of carbonyl (C=O) groups is 1. The van der Waals surface area contributed by atoms with Crippen LogP contribution in [0.5, 0.6) is 0 Å². The maximum absolute atomic E-state index is 13.0. The molecular weight excluding hydrogens is 343 g/mol. The van der Waals surface area contributed by atoms with Crippen molar-refractivity contribution >= 4 is 6.41 Å². The molecule has 7 heteroatoms. The number of alkyl halides is 3. The zero-order chi connectivity index (χ0) is 18.7. The van der Waals surface area contributed by atoms with Crippen LogP contribution >= 0.6 is 0 Å². The number of likely N-dealkylation sites (tertiary alicyclic amines) is 1. The average Bonchev–Trinajstić information content (AvgIpc) is 2.80. The van der Waals surface area contributed by atoms with E-state index in [1.165, 1.54) is 12.2 Å². The summed E-state index contributed by atoms with van der Waals surface area (Å²) < 4.78 is 38.9. The fraction of sp³-hybridized carbons (Fsp3) is 0.526. The largest absolute Gasteiger partial charge is 0.416 e. The third-order valence-corrected chi connectivity index (χ3v) is 5.03. The summed E-state index contributed by atoms with van der Waals surface area (Å²) in [6.07, 6.45) is 7.37. The predicted octanol–water partition coefficient (Wildman–Crippen LogP) is 3.67. The molecule has 0 saturated carbocycles. The first-order valence-corrected chi connectivity index (χ1v) is 9.01. The molecule has 3 aliphatic rings. The molecule has 1 aliphatic carbocycles. The molecule has 4 nitrogen and oxygen atoms in total. The van der Waals surface area contributed by atoms with Gasteiger partial charge < -0.3 is 4.90 Å². The molecule has 0 spiro atoms. The van der Waals surface area contributed by atoms with Gasteiger partial charge in [0.1, 0.15) is 0 Å². The zero-order valence-corrected chi connectivity index (χ0v) is 14.8. The molecule has 26 heavy (non-hydrogen) atoms. The lowest BCUT2D eigenvalue weighted by atomic mass is 9.95. The Labute approximate surface area is 151 Å². The second kappa shape index (κ2) is 7.70. The molecule has 0 radical (unpaired) electrons. The third kappa shape index (κ3) is 4.20. The summed E-state index contributed by atoms with van der Waals surface area (Å²) in [5, 5.41) is 1.93. The van der Waals surface area contributed by atoms with Crippen LogP contribution in [-0.2, 0) is 4.79 Å². The highest BCUT2D eigenvalue weighted by Gasteiger charge is 2.33. The van der Waals surface area contributed by atoms with Crippen LogP contribution in [0.25, 0.3) is 0 Å². The van der Waals surface area contributed by atoms with Crippen LogP contribution in [0.4, 0.5) is 13.2 Å². The Morgan fingerprint density at radius 1 is 1.19 bits per heavy atom. The van der Waals surface area contributed by atoms with Gasteiger partial charge in [0.05, 0.1) is 11.3 Å². The minimum absolute atomic E-state index is 0.114. The Morgan fingerprint density at radius 2 is 2.00 bits per heavy atom. The van der Waals surface area contributed by atoms with Gasteiger partial charge in [0.25, 0.3) is 0 Å². The minimum atomic E-state index is -4.33. The normalized spacial score (nSPS) is 27.5. The highest BCUT2D eigenvalue weighted by molar-refractivity contribution is 5.47. The Bertz CT molecular complexity index is 663. The second-order valence-corrected chi connectivity index (χ2v) is 6.97. The van der Waals surface area contributed by atoms with E-state index in [2.05, 4.69) is 11.5 Å². The van der Waals surface area contributed by atoms with Gasteiger partial charge in [0.2, 0.25) is 6.41 Å². The van der Waals surface area contributed by atoms with E-state index in [9.17, 15) is 18.0 Å². The van der Waals surface area contributed by atoms with E-state index in [4.69, 9.17) is 0 Å². The number of amides is 1. The van der Waals surface area contributed by atoms with E-state index in [1.54, 1.807) is 4.90 Å². The van der Waals surface area contributed by atoms with Gasteiger partial charge in [-0.15, -0.1) is 0 Å². The lowest BCUT2D eigenvalue weighted by Crippen LogP contribution is -2.36. The van der Waals surface area contributed by atoms with Crippen LogP contribution in [0.15, 0.2) is 47.3 Å². The highest BCUT2D eigenvalue weighted by Crippen LogP contribution is 2.34. The smallest absolute Gasteiger partial charge is 0.345 e. The number of hydrazine groups is 1. The monoisotopic (exact) mass is 367 g/mol. The maximum atomic E-state index is 13.0. The number of nitrogens with zero attached hydrogens (tertiary/aromatic N) is 2. The molecular formula is C19H24F3N3O. The van der Waals surface area contributed by atoms with Gasteiger partial charge >= 0.3 is 6.18 Å². The molecule has 2 unspecified atom stereocenters. The van der Waals surface area contributed by atoms with Crippen molar-refractivity contribution in [1.29, 1.82) is 0 Å². The maximum Gasteiger partial charge on any atom is 0.416 e. The van der Waals surface area contributed by atoms with Gasteiger partial charge in [-0.1, -0.05) is 12.2 Å². The van der Waals surface area contributed by atoms with Crippen LogP contribution in [0.3, 0.4) is 0 Å². The molecule has 0 bridgehead atoms. The van der Waals surface area contributed by atoms with Crippen molar-refractivity contribution in [3.05, 3.63) is 47.3 Å². The number of rotatable bonds is 3. The van der Waals surface area contributed by atoms with Crippen LogP contribution in [0, 0.1) is 5.92 Å². The molecule has 2 aliphatic heterocycles. The predicted molar refractivity (Wildman–Crippen MR) is 93.5 cm³/mol. The molecule has 0 aromatic heterocycles. The molecule has 2 atom stereocenters. The summed E-state index contributed by atoms with van der Waals surface area (Å²) in [5.74, 6) is 0.282. The highest BCUT2D eigenvalue weighted by atomic mass is 19.4. The van der Waals surface area contributed by atoms with Crippen molar-refractivity contribution in [1.82, 2.24) is 15.3 Å². The zero-order valence-electron chi connectivity index (χ0n) is 14.8. The molecule has 1 N–H and O–H groups in total. The van der Waals surface area contributed by atoms with Crippen LogP contribution < -0.4 is 5.43 Å². The summed E-state index contributed by atoms with van der Waals surface area (Å²) in [6, 6.07) is 0.114. The Kier molecular flexibility index (Phi) is 5.55. The summed E-state index contributed by atoms with van der Waals surface area (Å²) in [4.78, 5) is 12.8. The first kappa shape index (κ1) is 18.8. The van der Waals surface area contributed by atoms with E-state index in [-0.39, 0.29) is 18.4 Å². The number of hydrogen-bond acceptors (Lipinski definition) is 3. The quantitative estimate of drug-likeness (QED) is 0.773. The van der Waals surface area contributed by atoms with E-state index in [0.717, 1.165) is 49.7 Å². The van der Waals surface area contributed by atoms with Crippen LogP contribution in [-0.4, -0.2) is 41.6 Å². The first-order chi connectivity index (χ1) is 12.4. The fourth-order valence-electron chi connectivity index (χ4n) is 3.70. The Hall–Kier alpha value is -2.02. The molecule has 2 heterocycles. The molecule has 3 rings (SSSR count). The Morgan fingerprint density at radius 3 is 2.73 bits per heavy atom. The summed E-state index contributed by atoms with van der Waals surface area (Å²) in [7, 11) is 0. The van der Waals surface area contributed by atoms with Crippen LogP contribution in [0.2, 0.25) is 0 Å². The van der Waals surface area contributed by atoms with Crippen molar-refractivity contribution in [2.24, 2.45) is 5.92 Å². The lowest BCUT2D eigenvalue weighted by molar-refractivity contribution is -0.118. The molecule has 0 aromatic rings. The van der Waals surface area contributed by atoms with E-state index >= 15 is 0 Å². The van der Waals surface area contributed by atoms with Gasteiger partial charge in [-0.25, -0.2) is 5.43 Å². The summed E-state index contributed by atoms with van der Waals surface area (Å²) >= 11 is 0. The van der Waals surface area contributed by atoms with Gasteiger partial charge in [-0.3, -0.25) is 9.80 Å². The second-order valence-electron chi connectivity index (χ2n) is 6.97. The minimum Gasteiger partial charge on any atom is -0.345 e. The van der Waals surface area contributed by atoms with Crippen molar-refractivity contribution in [3.8, 4) is 0 Å². The van der Waals surface area contributed by atoms with Crippen molar-refractivity contribution in [2.45, 2.75) is 44.8 Å². The van der Waals surface area contributed by atoms with Crippen molar-refractivity contribution in [3.63, 3.8) is 0 Å². The number of allylic oxidation sites excluding steroid dienone is 6. The van der Waals surface area contributed by atoms with E-state index in [0.29, 0.717) is 6.54 Å². The fourth-order valence-corrected chi connectivity index (χ4v) is 3.70. The van der Waals surface area contributed by atoms with Crippen molar-refractivity contribution in [2.75, 3.05) is 13.1 Å². The van der Waals surface area contributed by atoms with Crippen molar-refractivity contribution < 1.29 is 18.0 Å². The third-order valence-electron chi connectivity index (χ3n) is 5.03. The van der Waals surface area contributed by atoms with Gasteiger partial charge in [0, 0.05) is 30.7 Å². The lowest BCUT2D eigenvalue weighted by Gasteiger charge is -2.29. The first-order valence-electron chi connectivity index (χ1n) is 9.01. The number of nitrogens with one attached hydrogen (secondary N) is 1. The van der Waals surface area contributed by atoms with E-state index in [1.807, 2.05) is 18.0 Å². The van der Waals surface area contributed by atoms with Gasteiger partial charge in [-0.2, -0.15) is 13.2 Å². The number of hydrogen-bond donors (Lipinski definition) is 1. The topological polar surface area (TPSA) is 35.6 Å². The van der Waals surface area contributed by atoms with Crippen LogP contribution in [0.1, 0.15) is 32.6 Å². The van der Waals surface area contributed by atoms with Gasteiger partial charge in [0.15, 0.2) is 0 Å². The molecule has 142 valence electrons. The standard InChI is InChI=1S/C19H24F3N3O/c1-14-12-18(15-4-3-10-24(13-26)11-9-15)25(23-14)17-6-2-5-16(7-8-17)19(20,21)22/h5-8,12-15,23H,2-4,9-11H2,1H3. The summed E-state index contributed by atoms with van der Waals surface area (Å²) in [5.41, 5.74) is 4.54. The molecule has 1 saturated heterocycles. The Balaban J connectivity index is 1.76. The van der Waals surface area contributed by atoms with E-state index < -0.39 is 11.7 Å². The summed E-state index contributed by atoms with van der Waals surface area (Å²) in [6.45, 7) is 3.49.